The Balaban J connectivity index is 1.74. The molecule has 0 atom stereocenters. The number of nitrogens with one attached hydrogen (secondary N) is 1. The van der Waals surface area contributed by atoms with Crippen molar-refractivity contribution in [1.29, 1.82) is 0 Å². The maximum absolute atomic E-state index is 13.1. The zero-order valence-corrected chi connectivity index (χ0v) is 16.0. The standard InChI is InChI=1S/C23H22N2O3/c1-4-15-11-18(16-6-5-9-24-19(16)12-15)23(7-8-23)25-22(27)17-13-21(28-3)20(26)10-14(17)2/h4-6,9-13,26H,1,7-8H2,2-3H3,(H,25,27). The van der Waals surface area contributed by atoms with Crippen LogP contribution < -0.4 is 10.1 Å². The fourth-order valence-corrected chi connectivity index (χ4v) is 3.67. The van der Waals surface area contributed by atoms with E-state index in [-0.39, 0.29) is 17.4 Å². The summed E-state index contributed by atoms with van der Waals surface area (Å²) in [4.78, 5) is 17.6. The number of aromatic hydroxyl groups is 1. The number of phenolic OH excluding ortho intramolecular Hbond substituents is 1. The number of fused-ring (bicyclic) bond motifs is 1. The monoisotopic (exact) mass is 374 g/mol. The first-order valence-electron chi connectivity index (χ1n) is 9.19. The van der Waals surface area contributed by atoms with Gasteiger partial charge in [0.2, 0.25) is 0 Å². The molecular weight excluding hydrogens is 352 g/mol. The molecule has 0 saturated heterocycles. The maximum atomic E-state index is 13.1. The van der Waals surface area contributed by atoms with E-state index in [0.29, 0.717) is 11.1 Å². The van der Waals surface area contributed by atoms with Crippen molar-refractivity contribution in [2.24, 2.45) is 0 Å². The molecule has 1 aromatic heterocycles. The molecule has 1 amide bonds. The molecule has 1 heterocycles. The lowest BCUT2D eigenvalue weighted by atomic mass is 9.95. The van der Waals surface area contributed by atoms with Gasteiger partial charge in [-0.3, -0.25) is 9.78 Å². The first kappa shape index (κ1) is 18.0. The van der Waals surface area contributed by atoms with E-state index in [1.54, 1.807) is 31.3 Å². The highest BCUT2D eigenvalue weighted by molar-refractivity contribution is 5.98. The van der Waals surface area contributed by atoms with Gasteiger partial charge in [0, 0.05) is 17.1 Å². The zero-order chi connectivity index (χ0) is 19.9. The molecule has 4 rings (SSSR count). The van der Waals surface area contributed by atoms with Crippen LogP contribution in [0.1, 0.15) is 39.9 Å². The number of carbonyl (C=O) groups excluding carboxylic acids is 1. The number of rotatable bonds is 5. The van der Waals surface area contributed by atoms with Gasteiger partial charge in [-0.1, -0.05) is 18.7 Å². The van der Waals surface area contributed by atoms with Gasteiger partial charge in [0.15, 0.2) is 11.5 Å². The van der Waals surface area contributed by atoms with Crippen LogP contribution in [0.5, 0.6) is 11.5 Å². The van der Waals surface area contributed by atoms with Crippen LogP contribution in [0.2, 0.25) is 0 Å². The summed E-state index contributed by atoms with van der Waals surface area (Å²) in [6.07, 6.45) is 5.28. The van der Waals surface area contributed by atoms with Crippen molar-refractivity contribution < 1.29 is 14.6 Å². The number of carbonyl (C=O) groups is 1. The van der Waals surface area contributed by atoms with Gasteiger partial charge in [0.05, 0.1) is 18.2 Å². The highest BCUT2D eigenvalue weighted by Gasteiger charge is 2.47. The van der Waals surface area contributed by atoms with Gasteiger partial charge in [-0.25, -0.2) is 0 Å². The van der Waals surface area contributed by atoms with Gasteiger partial charge >= 0.3 is 0 Å². The molecule has 0 bridgehead atoms. The quantitative estimate of drug-likeness (QED) is 0.698. The average Bonchev–Trinajstić information content (AvgIpc) is 3.47. The molecule has 1 fully saturated rings. The van der Waals surface area contributed by atoms with Crippen molar-refractivity contribution in [1.82, 2.24) is 10.3 Å². The molecule has 1 aliphatic rings. The van der Waals surface area contributed by atoms with E-state index >= 15 is 0 Å². The van der Waals surface area contributed by atoms with E-state index in [4.69, 9.17) is 4.74 Å². The Hall–Kier alpha value is -3.34. The summed E-state index contributed by atoms with van der Waals surface area (Å²) in [5.41, 5.74) is 3.68. The maximum Gasteiger partial charge on any atom is 0.252 e. The van der Waals surface area contributed by atoms with Crippen molar-refractivity contribution in [3.63, 3.8) is 0 Å². The molecule has 2 N–H and O–H groups in total. The summed E-state index contributed by atoms with van der Waals surface area (Å²) in [7, 11) is 1.47. The number of aromatic nitrogens is 1. The number of aryl methyl sites for hydroxylation is 1. The van der Waals surface area contributed by atoms with E-state index in [1.165, 1.54) is 7.11 Å². The molecule has 28 heavy (non-hydrogen) atoms. The third-order valence-electron chi connectivity index (χ3n) is 5.37. The third-order valence-corrected chi connectivity index (χ3v) is 5.37. The SMILES string of the molecule is C=Cc1cc(C2(NC(=O)c3cc(OC)c(O)cc3C)CC2)c2cccnc2c1. The summed E-state index contributed by atoms with van der Waals surface area (Å²) in [6.45, 7) is 5.67. The fourth-order valence-electron chi connectivity index (χ4n) is 3.67. The van der Waals surface area contributed by atoms with Crippen LogP contribution >= 0.6 is 0 Å². The van der Waals surface area contributed by atoms with Gasteiger partial charge in [-0.05, 0) is 66.8 Å². The van der Waals surface area contributed by atoms with Crippen LogP contribution in [-0.4, -0.2) is 23.1 Å². The molecule has 142 valence electrons. The van der Waals surface area contributed by atoms with Crippen molar-refractivity contribution in [3.05, 3.63) is 71.4 Å². The molecule has 0 radical (unpaired) electrons. The second-order valence-corrected chi connectivity index (χ2v) is 7.22. The van der Waals surface area contributed by atoms with Crippen LogP contribution in [0, 0.1) is 6.92 Å². The summed E-state index contributed by atoms with van der Waals surface area (Å²) in [6, 6.07) is 11.1. The predicted molar refractivity (Wildman–Crippen MR) is 110 cm³/mol. The molecule has 1 saturated carbocycles. The largest absolute Gasteiger partial charge is 0.504 e. The van der Waals surface area contributed by atoms with Crippen LogP contribution in [0.3, 0.4) is 0 Å². The number of amides is 1. The molecule has 5 nitrogen and oxygen atoms in total. The Morgan fingerprint density at radius 3 is 2.79 bits per heavy atom. The molecule has 0 unspecified atom stereocenters. The Kier molecular flexibility index (Phi) is 4.30. The minimum atomic E-state index is -0.422. The van der Waals surface area contributed by atoms with Crippen molar-refractivity contribution >= 4 is 22.9 Å². The highest BCUT2D eigenvalue weighted by Crippen LogP contribution is 2.48. The molecule has 3 aromatic rings. The van der Waals surface area contributed by atoms with Gasteiger partial charge in [0.1, 0.15) is 0 Å². The Labute approximate surface area is 163 Å². The van der Waals surface area contributed by atoms with Crippen LogP contribution in [-0.2, 0) is 5.54 Å². The summed E-state index contributed by atoms with van der Waals surface area (Å²) >= 11 is 0. The lowest BCUT2D eigenvalue weighted by molar-refractivity contribution is 0.0930. The highest BCUT2D eigenvalue weighted by atomic mass is 16.5. The molecule has 5 heteroatoms. The van der Waals surface area contributed by atoms with E-state index in [1.807, 2.05) is 18.2 Å². The number of benzene rings is 2. The number of hydrogen-bond acceptors (Lipinski definition) is 4. The van der Waals surface area contributed by atoms with Crippen LogP contribution in [0.25, 0.3) is 17.0 Å². The summed E-state index contributed by atoms with van der Waals surface area (Å²) < 4.78 is 5.16. The Morgan fingerprint density at radius 1 is 1.32 bits per heavy atom. The predicted octanol–water partition coefficient (Wildman–Crippen LogP) is 4.32. The van der Waals surface area contributed by atoms with Crippen LogP contribution in [0.4, 0.5) is 0 Å². The van der Waals surface area contributed by atoms with Gasteiger partial charge < -0.3 is 15.2 Å². The van der Waals surface area contributed by atoms with Crippen molar-refractivity contribution in [3.8, 4) is 11.5 Å². The topological polar surface area (TPSA) is 71.5 Å². The van der Waals surface area contributed by atoms with Gasteiger partial charge in [-0.15, -0.1) is 0 Å². The lowest BCUT2D eigenvalue weighted by Gasteiger charge is -2.21. The molecule has 2 aromatic carbocycles. The second kappa shape index (κ2) is 6.68. The van der Waals surface area contributed by atoms with Crippen LogP contribution in [0.15, 0.2) is 49.2 Å². The lowest BCUT2D eigenvalue weighted by Crippen LogP contribution is -2.35. The minimum Gasteiger partial charge on any atom is -0.504 e. The first-order chi connectivity index (χ1) is 13.5. The third kappa shape index (κ3) is 2.99. The first-order valence-corrected chi connectivity index (χ1v) is 9.19. The number of pyridine rings is 1. The van der Waals surface area contributed by atoms with Gasteiger partial charge in [0.25, 0.3) is 5.91 Å². The van der Waals surface area contributed by atoms with E-state index in [9.17, 15) is 9.90 Å². The fraction of sp³-hybridized carbons (Fsp3) is 0.217. The Morgan fingerprint density at radius 2 is 2.11 bits per heavy atom. The van der Waals surface area contributed by atoms with Crippen molar-refractivity contribution in [2.45, 2.75) is 25.3 Å². The number of methoxy groups -OCH3 is 1. The van der Waals surface area contributed by atoms with Gasteiger partial charge in [-0.2, -0.15) is 0 Å². The zero-order valence-electron chi connectivity index (χ0n) is 16.0. The summed E-state index contributed by atoms with van der Waals surface area (Å²) in [5.74, 6) is 0.117. The number of phenols is 1. The Bertz CT molecular complexity index is 1100. The molecule has 1 aliphatic carbocycles. The average molecular weight is 374 g/mol. The number of hydrogen-bond donors (Lipinski definition) is 2. The summed E-state index contributed by atoms with van der Waals surface area (Å²) in [5, 5.41) is 14.2. The molecule has 0 aliphatic heterocycles. The van der Waals surface area contributed by atoms with E-state index in [0.717, 1.165) is 34.9 Å². The molecule has 0 spiro atoms. The smallest absolute Gasteiger partial charge is 0.252 e. The van der Waals surface area contributed by atoms with Crippen molar-refractivity contribution in [2.75, 3.05) is 7.11 Å². The second-order valence-electron chi connectivity index (χ2n) is 7.22. The number of ether oxygens (including phenoxy) is 1. The number of nitrogens with zero attached hydrogens (tertiary/aromatic N) is 1. The minimum absolute atomic E-state index is 0.0217. The van der Waals surface area contributed by atoms with E-state index < -0.39 is 5.54 Å². The van der Waals surface area contributed by atoms with E-state index in [2.05, 4.69) is 22.9 Å². The molecular formula is C23H22N2O3. The normalized spacial score (nSPS) is 14.5.